The number of nitrogens with zero attached hydrogens (tertiary/aromatic N) is 1. The molecule has 0 aliphatic carbocycles. The Bertz CT molecular complexity index is 148. The van der Waals surface area contributed by atoms with Crippen LogP contribution in [0.1, 0.15) is 34.1 Å². The number of thioether (sulfide) groups is 1. The van der Waals surface area contributed by atoms with Crippen molar-refractivity contribution in [2.24, 2.45) is 5.92 Å². The number of hydrogen-bond acceptors (Lipinski definition) is 2. The van der Waals surface area contributed by atoms with Crippen LogP contribution in [-0.2, 0) is 0 Å². The van der Waals surface area contributed by atoms with Crippen LogP contribution < -0.4 is 0 Å². The maximum atomic E-state index is 11.6. The lowest BCUT2D eigenvalue weighted by molar-refractivity contribution is 0.219. The van der Waals surface area contributed by atoms with E-state index in [2.05, 4.69) is 20.8 Å². The maximum Gasteiger partial charge on any atom is 0.281 e. The van der Waals surface area contributed by atoms with Crippen molar-refractivity contribution in [1.29, 1.82) is 0 Å². The predicted octanol–water partition coefficient (Wildman–Crippen LogP) is 3.23. The summed E-state index contributed by atoms with van der Waals surface area (Å²) in [6, 6.07) is 0. The molecule has 0 bridgehead atoms. The van der Waals surface area contributed by atoms with Gasteiger partial charge < -0.3 is 4.90 Å². The fourth-order valence-corrected chi connectivity index (χ4v) is 1.82. The third kappa shape index (κ3) is 5.97. The van der Waals surface area contributed by atoms with E-state index in [4.69, 9.17) is 0 Å². The Morgan fingerprint density at radius 2 is 2.00 bits per heavy atom. The summed E-state index contributed by atoms with van der Waals surface area (Å²) < 4.78 is 0. The predicted molar refractivity (Wildman–Crippen MR) is 60.2 cm³/mol. The first-order valence-corrected chi connectivity index (χ1v) is 6.02. The summed E-state index contributed by atoms with van der Waals surface area (Å²) in [5, 5.41) is 0.234. The van der Waals surface area contributed by atoms with Crippen LogP contribution in [0.15, 0.2) is 0 Å². The molecule has 0 spiro atoms. The summed E-state index contributed by atoms with van der Waals surface area (Å²) in [6.07, 6.45) is 1.07. The van der Waals surface area contributed by atoms with E-state index in [1.165, 1.54) is 11.8 Å². The van der Waals surface area contributed by atoms with E-state index < -0.39 is 0 Å². The van der Waals surface area contributed by atoms with Gasteiger partial charge in [-0.1, -0.05) is 32.5 Å². The topological polar surface area (TPSA) is 20.3 Å². The maximum absolute atomic E-state index is 11.6. The largest absolute Gasteiger partial charge is 0.334 e. The summed E-state index contributed by atoms with van der Waals surface area (Å²) in [5.41, 5.74) is 0. The molecule has 0 radical (unpaired) electrons. The smallest absolute Gasteiger partial charge is 0.281 e. The normalized spacial score (nSPS) is 10.5. The second kappa shape index (κ2) is 7.25. The van der Waals surface area contributed by atoms with Gasteiger partial charge in [-0.25, -0.2) is 0 Å². The Balaban J connectivity index is 3.85. The fraction of sp³-hybridized carbons (Fsp3) is 0.900. The minimum Gasteiger partial charge on any atom is -0.334 e. The van der Waals surface area contributed by atoms with E-state index >= 15 is 0 Å². The van der Waals surface area contributed by atoms with Gasteiger partial charge in [0.25, 0.3) is 5.24 Å². The molecule has 0 N–H and O–H groups in total. The van der Waals surface area contributed by atoms with E-state index in [0.717, 1.165) is 25.3 Å². The van der Waals surface area contributed by atoms with Crippen molar-refractivity contribution in [3.05, 3.63) is 0 Å². The third-order valence-electron chi connectivity index (χ3n) is 1.66. The summed E-state index contributed by atoms with van der Waals surface area (Å²) in [7, 11) is 0. The van der Waals surface area contributed by atoms with Crippen LogP contribution in [0.25, 0.3) is 0 Å². The Labute approximate surface area is 86.1 Å². The average molecular weight is 203 g/mol. The van der Waals surface area contributed by atoms with E-state index in [9.17, 15) is 4.79 Å². The monoisotopic (exact) mass is 203 g/mol. The van der Waals surface area contributed by atoms with Crippen LogP contribution in [0.2, 0.25) is 0 Å². The molecule has 0 atom stereocenters. The van der Waals surface area contributed by atoms with Gasteiger partial charge in [0.2, 0.25) is 0 Å². The summed E-state index contributed by atoms with van der Waals surface area (Å²) >= 11 is 1.44. The van der Waals surface area contributed by atoms with Crippen LogP contribution in [0, 0.1) is 5.92 Å². The van der Waals surface area contributed by atoms with E-state index in [-0.39, 0.29) is 5.24 Å². The molecule has 0 aromatic carbocycles. The Hall–Kier alpha value is -0.180. The summed E-state index contributed by atoms with van der Waals surface area (Å²) in [5.74, 6) is 1.50. The molecule has 0 aromatic rings. The Morgan fingerprint density at radius 3 is 2.38 bits per heavy atom. The van der Waals surface area contributed by atoms with Gasteiger partial charge in [0.15, 0.2) is 0 Å². The highest BCUT2D eigenvalue weighted by Crippen LogP contribution is 2.11. The molecule has 3 heteroatoms. The van der Waals surface area contributed by atoms with Gasteiger partial charge in [-0.2, -0.15) is 0 Å². The lowest BCUT2D eigenvalue weighted by Crippen LogP contribution is -2.31. The SMILES string of the molecule is CCCSC(=O)N(CC)CC(C)C. The van der Waals surface area contributed by atoms with Crippen molar-refractivity contribution in [3.8, 4) is 0 Å². The van der Waals surface area contributed by atoms with Crippen molar-refractivity contribution in [2.75, 3.05) is 18.8 Å². The minimum atomic E-state index is 0.234. The summed E-state index contributed by atoms with van der Waals surface area (Å²) in [6.45, 7) is 10.1. The Morgan fingerprint density at radius 1 is 1.38 bits per heavy atom. The van der Waals surface area contributed by atoms with E-state index in [1.54, 1.807) is 0 Å². The third-order valence-corrected chi connectivity index (χ3v) is 2.77. The van der Waals surface area contributed by atoms with Crippen molar-refractivity contribution in [3.63, 3.8) is 0 Å². The molecule has 0 saturated heterocycles. The molecule has 1 amide bonds. The number of carbonyl (C=O) groups is 1. The van der Waals surface area contributed by atoms with Crippen LogP contribution in [0.5, 0.6) is 0 Å². The van der Waals surface area contributed by atoms with Crippen LogP contribution in [-0.4, -0.2) is 29.0 Å². The molecular weight excluding hydrogens is 182 g/mol. The first kappa shape index (κ1) is 12.8. The highest BCUT2D eigenvalue weighted by molar-refractivity contribution is 8.13. The molecule has 0 rings (SSSR count). The lowest BCUT2D eigenvalue weighted by atomic mass is 10.2. The minimum absolute atomic E-state index is 0.234. The molecule has 0 unspecified atom stereocenters. The highest BCUT2D eigenvalue weighted by Gasteiger charge is 2.12. The molecule has 0 heterocycles. The van der Waals surface area contributed by atoms with Gasteiger partial charge in [-0.15, -0.1) is 0 Å². The van der Waals surface area contributed by atoms with E-state index in [0.29, 0.717) is 5.92 Å². The second-order valence-electron chi connectivity index (χ2n) is 3.55. The fourth-order valence-electron chi connectivity index (χ4n) is 1.05. The van der Waals surface area contributed by atoms with Gasteiger partial charge in [0.05, 0.1) is 0 Å². The average Bonchev–Trinajstić information content (AvgIpc) is 2.09. The van der Waals surface area contributed by atoms with Crippen molar-refractivity contribution in [1.82, 2.24) is 4.90 Å². The molecule has 13 heavy (non-hydrogen) atoms. The van der Waals surface area contributed by atoms with Crippen molar-refractivity contribution < 1.29 is 4.79 Å². The molecule has 2 nitrogen and oxygen atoms in total. The lowest BCUT2D eigenvalue weighted by Gasteiger charge is -2.22. The number of amides is 1. The molecule has 0 aliphatic heterocycles. The zero-order valence-electron chi connectivity index (χ0n) is 9.17. The van der Waals surface area contributed by atoms with Crippen LogP contribution >= 0.6 is 11.8 Å². The molecule has 0 fully saturated rings. The van der Waals surface area contributed by atoms with Crippen molar-refractivity contribution >= 4 is 17.0 Å². The molecule has 78 valence electrons. The van der Waals surface area contributed by atoms with E-state index in [1.807, 2.05) is 11.8 Å². The first-order valence-electron chi connectivity index (χ1n) is 5.03. The number of hydrogen-bond donors (Lipinski definition) is 0. The zero-order valence-corrected chi connectivity index (χ0v) is 9.99. The zero-order chi connectivity index (χ0) is 10.3. The second-order valence-corrected chi connectivity index (χ2v) is 4.59. The molecule has 0 aromatic heterocycles. The van der Waals surface area contributed by atoms with Gasteiger partial charge in [0, 0.05) is 18.8 Å². The molecular formula is C10H21NOS. The number of rotatable bonds is 5. The first-order chi connectivity index (χ1) is 6.11. The standard InChI is InChI=1S/C10H21NOS/c1-5-7-13-10(12)11(6-2)8-9(3)4/h9H,5-8H2,1-4H3. The summed E-state index contributed by atoms with van der Waals surface area (Å²) in [4.78, 5) is 13.5. The van der Waals surface area contributed by atoms with Crippen LogP contribution in [0.3, 0.4) is 0 Å². The van der Waals surface area contributed by atoms with Gasteiger partial charge in [-0.3, -0.25) is 4.79 Å². The van der Waals surface area contributed by atoms with Crippen LogP contribution in [0.4, 0.5) is 4.79 Å². The van der Waals surface area contributed by atoms with Gasteiger partial charge in [-0.05, 0) is 19.3 Å². The van der Waals surface area contributed by atoms with Gasteiger partial charge in [0.1, 0.15) is 0 Å². The molecule has 0 aliphatic rings. The molecule has 0 saturated carbocycles. The quantitative estimate of drug-likeness (QED) is 0.683. The number of carbonyl (C=O) groups excluding carboxylic acids is 1. The van der Waals surface area contributed by atoms with Crippen molar-refractivity contribution in [2.45, 2.75) is 34.1 Å². The highest BCUT2D eigenvalue weighted by atomic mass is 32.2. The Kier molecular flexibility index (Phi) is 7.14. The van der Waals surface area contributed by atoms with Gasteiger partial charge >= 0.3 is 0 Å².